The van der Waals surface area contributed by atoms with Gasteiger partial charge in [-0.05, 0) is 60.5 Å². The van der Waals surface area contributed by atoms with Crippen molar-refractivity contribution in [2.75, 3.05) is 32.9 Å². The van der Waals surface area contributed by atoms with Gasteiger partial charge in [0.2, 0.25) is 5.78 Å². The molecule has 1 N–H and O–H groups in total. The molecule has 5 rings (SSSR count). The normalized spacial score (nSPS) is 14.3. The van der Waals surface area contributed by atoms with Crippen molar-refractivity contribution in [1.82, 2.24) is 4.90 Å². The van der Waals surface area contributed by atoms with Crippen molar-refractivity contribution in [3.05, 3.63) is 81.7 Å². The number of hydrogen-bond donors (Lipinski definition) is 1. The molecule has 0 saturated carbocycles. The maximum atomic E-state index is 13.7. The zero-order valence-electron chi connectivity index (χ0n) is 19.3. The first-order chi connectivity index (χ1) is 16.9. The van der Waals surface area contributed by atoms with Crippen LogP contribution in [0.15, 0.2) is 60.7 Å². The van der Waals surface area contributed by atoms with E-state index in [1.807, 2.05) is 43.3 Å². The van der Waals surface area contributed by atoms with E-state index in [1.165, 1.54) is 11.3 Å². The molecule has 1 aromatic heterocycles. The fraction of sp³-hybridized carbons (Fsp3) is 0.250. The summed E-state index contributed by atoms with van der Waals surface area (Å²) in [6.07, 6.45) is 0. The first kappa shape index (κ1) is 23.8. The Morgan fingerprint density at radius 3 is 2.66 bits per heavy atom. The number of halogens is 2. The molecule has 1 aliphatic heterocycles. The third kappa shape index (κ3) is 4.92. The summed E-state index contributed by atoms with van der Waals surface area (Å²) in [7, 11) is 0. The first-order valence-corrected chi connectivity index (χ1v) is 12.7. The number of likely N-dealkylation sites (tertiary alicyclic amines) is 1. The van der Waals surface area contributed by atoms with Gasteiger partial charge in [-0.25, -0.2) is 0 Å². The highest BCUT2D eigenvalue weighted by atomic mass is 35.5. The molecule has 2 heterocycles. The number of fused-ring (bicyclic) bond motifs is 1. The van der Waals surface area contributed by atoms with Gasteiger partial charge in [0.25, 0.3) is 0 Å². The highest BCUT2D eigenvalue weighted by Gasteiger charge is 2.26. The number of benzene rings is 3. The lowest BCUT2D eigenvalue weighted by Crippen LogP contribution is -2.49. The van der Waals surface area contributed by atoms with Crippen molar-refractivity contribution in [3.63, 3.8) is 0 Å². The molecule has 180 valence electrons. The Morgan fingerprint density at radius 2 is 1.91 bits per heavy atom. The van der Waals surface area contributed by atoms with Crippen LogP contribution in [0.25, 0.3) is 21.2 Å². The van der Waals surface area contributed by atoms with Gasteiger partial charge in [-0.3, -0.25) is 14.1 Å². The van der Waals surface area contributed by atoms with Crippen molar-refractivity contribution in [3.8, 4) is 22.6 Å². The Morgan fingerprint density at radius 1 is 1.14 bits per heavy atom. The second-order valence-electron chi connectivity index (χ2n) is 8.93. The minimum atomic E-state index is -0.253. The van der Waals surface area contributed by atoms with Gasteiger partial charge in [0.1, 0.15) is 18.1 Å². The number of alkyl halides is 1. The fourth-order valence-electron chi connectivity index (χ4n) is 4.46. The van der Waals surface area contributed by atoms with Gasteiger partial charge in [0, 0.05) is 51.8 Å². The lowest BCUT2D eigenvalue weighted by molar-refractivity contribution is 0.0668. The van der Waals surface area contributed by atoms with Crippen LogP contribution in [0.5, 0.6) is 11.5 Å². The van der Waals surface area contributed by atoms with Crippen LogP contribution in [-0.2, 0) is 0 Å². The SMILES string of the molecule is Cc1ccc(Cl)cc1C(=O)c1sc2cc(O)ccc2c1-c1ccc(OCCN2CC(CF)C2)cc1. The molecule has 0 aliphatic carbocycles. The lowest BCUT2D eigenvalue weighted by Gasteiger charge is -2.37. The molecule has 1 saturated heterocycles. The van der Waals surface area contributed by atoms with Gasteiger partial charge in [0.15, 0.2) is 0 Å². The topological polar surface area (TPSA) is 49.8 Å². The van der Waals surface area contributed by atoms with Crippen LogP contribution < -0.4 is 4.74 Å². The van der Waals surface area contributed by atoms with E-state index in [4.69, 9.17) is 16.3 Å². The number of carbonyl (C=O) groups is 1. The number of phenolic OH excluding ortho intramolecular Hbond substituents is 1. The molecule has 0 bridgehead atoms. The first-order valence-electron chi connectivity index (χ1n) is 11.5. The van der Waals surface area contributed by atoms with Gasteiger partial charge >= 0.3 is 0 Å². The average Bonchev–Trinajstić information content (AvgIpc) is 3.20. The van der Waals surface area contributed by atoms with E-state index < -0.39 is 0 Å². The zero-order chi connectivity index (χ0) is 24.5. The molecule has 1 fully saturated rings. The molecule has 4 aromatic rings. The molecule has 0 spiro atoms. The quantitative estimate of drug-likeness (QED) is 0.267. The summed E-state index contributed by atoms with van der Waals surface area (Å²) >= 11 is 7.56. The second-order valence-corrected chi connectivity index (χ2v) is 10.4. The van der Waals surface area contributed by atoms with Gasteiger partial charge < -0.3 is 9.84 Å². The highest BCUT2D eigenvalue weighted by molar-refractivity contribution is 7.21. The molecule has 0 radical (unpaired) electrons. The molecule has 0 unspecified atom stereocenters. The maximum Gasteiger partial charge on any atom is 0.203 e. The van der Waals surface area contributed by atoms with Gasteiger partial charge in [-0.1, -0.05) is 29.8 Å². The molecule has 4 nitrogen and oxygen atoms in total. The third-order valence-corrected chi connectivity index (χ3v) is 7.78. The Bertz CT molecular complexity index is 1380. The molecule has 0 atom stereocenters. The Kier molecular flexibility index (Phi) is 6.78. The molecular formula is C28H25ClFNO3S. The molecule has 7 heteroatoms. The summed E-state index contributed by atoms with van der Waals surface area (Å²) < 4.78 is 19.3. The largest absolute Gasteiger partial charge is 0.508 e. The smallest absolute Gasteiger partial charge is 0.203 e. The monoisotopic (exact) mass is 509 g/mol. The maximum absolute atomic E-state index is 13.7. The molecule has 3 aromatic carbocycles. The van der Waals surface area contributed by atoms with Crippen molar-refractivity contribution in [2.24, 2.45) is 5.92 Å². The van der Waals surface area contributed by atoms with Crippen LogP contribution in [0, 0.1) is 12.8 Å². The van der Waals surface area contributed by atoms with Crippen LogP contribution >= 0.6 is 22.9 Å². The minimum Gasteiger partial charge on any atom is -0.508 e. The van der Waals surface area contributed by atoms with E-state index in [9.17, 15) is 14.3 Å². The second kappa shape index (κ2) is 9.97. The highest BCUT2D eigenvalue weighted by Crippen LogP contribution is 2.42. The molecule has 1 aliphatic rings. The Balaban J connectivity index is 1.43. The van der Waals surface area contributed by atoms with E-state index >= 15 is 0 Å². The number of aromatic hydroxyl groups is 1. The van der Waals surface area contributed by atoms with Crippen molar-refractivity contribution < 1.29 is 19.0 Å². The van der Waals surface area contributed by atoms with Crippen LogP contribution in [0.2, 0.25) is 5.02 Å². The third-order valence-electron chi connectivity index (χ3n) is 6.39. The minimum absolute atomic E-state index is 0.0952. The molecule has 0 amide bonds. The number of ketones is 1. The predicted octanol–water partition coefficient (Wildman–Crippen LogP) is 6.75. The van der Waals surface area contributed by atoms with Crippen molar-refractivity contribution in [1.29, 1.82) is 0 Å². The standard InChI is InChI=1S/C28H25ClFNO3S/c1-17-2-5-20(29)12-24(17)27(33)28-26(23-9-6-21(32)13-25(23)35-28)19-3-7-22(8-4-19)34-11-10-31-15-18(14-30)16-31/h2-9,12-13,18,32H,10-11,14-16H2,1H3. The summed E-state index contributed by atoms with van der Waals surface area (Å²) in [4.78, 5) is 16.4. The van der Waals surface area contributed by atoms with E-state index in [2.05, 4.69) is 4.90 Å². The van der Waals surface area contributed by atoms with E-state index in [1.54, 1.807) is 24.3 Å². The summed E-state index contributed by atoms with van der Waals surface area (Å²) in [5.74, 6) is 0.977. The Labute approximate surface area is 212 Å². The van der Waals surface area contributed by atoms with Crippen LogP contribution in [0.1, 0.15) is 20.8 Å². The lowest BCUT2D eigenvalue weighted by atomic mass is 9.96. The number of ether oxygens (including phenoxy) is 1. The fourth-order valence-corrected chi connectivity index (χ4v) is 5.84. The number of phenols is 1. The van der Waals surface area contributed by atoms with Crippen molar-refractivity contribution >= 4 is 38.8 Å². The number of rotatable bonds is 8. The summed E-state index contributed by atoms with van der Waals surface area (Å²) in [5, 5.41) is 11.4. The summed E-state index contributed by atoms with van der Waals surface area (Å²) in [6, 6.07) is 18.2. The van der Waals surface area contributed by atoms with Crippen molar-refractivity contribution in [2.45, 2.75) is 6.92 Å². The van der Waals surface area contributed by atoms with Crippen LogP contribution in [0.3, 0.4) is 0 Å². The van der Waals surface area contributed by atoms with Gasteiger partial charge in [-0.15, -0.1) is 11.3 Å². The van der Waals surface area contributed by atoms with Crippen LogP contribution in [-0.4, -0.2) is 48.7 Å². The number of aryl methyl sites for hydroxylation is 1. The number of thiophene rings is 1. The Hall–Kier alpha value is -2.93. The van der Waals surface area contributed by atoms with Gasteiger partial charge in [0.05, 0.1) is 11.6 Å². The van der Waals surface area contributed by atoms with Crippen LogP contribution in [0.4, 0.5) is 4.39 Å². The molecular weight excluding hydrogens is 485 g/mol. The zero-order valence-corrected chi connectivity index (χ0v) is 20.8. The number of nitrogens with zero attached hydrogens (tertiary/aromatic N) is 1. The average molecular weight is 510 g/mol. The van der Waals surface area contributed by atoms with E-state index in [0.29, 0.717) is 22.1 Å². The number of hydrogen-bond acceptors (Lipinski definition) is 5. The predicted molar refractivity (Wildman–Crippen MR) is 140 cm³/mol. The molecule has 35 heavy (non-hydrogen) atoms. The number of carbonyl (C=O) groups excluding carboxylic acids is 1. The van der Waals surface area contributed by atoms with Gasteiger partial charge in [-0.2, -0.15) is 0 Å². The van der Waals surface area contributed by atoms with E-state index in [-0.39, 0.29) is 24.1 Å². The van der Waals surface area contributed by atoms with E-state index in [0.717, 1.165) is 52.2 Å². The summed E-state index contributed by atoms with van der Waals surface area (Å²) in [6.45, 7) is 4.54. The summed E-state index contributed by atoms with van der Waals surface area (Å²) in [5.41, 5.74) is 3.15.